The van der Waals surface area contributed by atoms with Crippen molar-refractivity contribution >= 4 is 35.0 Å². The Bertz CT molecular complexity index is 1470. The van der Waals surface area contributed by atoms with Crippen LogP contribution in [0.25, 0.3) is 0 Å². The first-order valence-corrected chi connectivity index (χ1v) is 20.0. The Balaban J connectivity index is 1.73. The highest BCUT2D eigenvalue weighted by Gasteiger charge is 2.49. The molecular weight excluding hydrogens is 693 g/mol. The zero-order valence-electron chi connectivity index (χ0n) is 33.3. The number of hydrogen-bond acceptors (Lipinski definition) is 9. The van der Waals surface area contributed by atoms with Gasteiger partial charge in [0.05, 0.1) is 48.2 Å². The summed E-state index contributed by atoms with van der Waals surface area (Å²) in [6.45, 7) is 15.3. The molecule has 1 fully saturated rings. The van der Waals surface area contributed by atoms with Crippen molar-refractivity contribution < 1.29 is 29.4 Å². The predicted molar refractivity (Wildman–Crippen MR) is 209 cm³/mol. The quantitative estimate of drug-likeness (QED) is 0.144. The highest BCUT2D eigenvalue weighted by molar-refractivity contribution is 7.09. The Kier molecular flexibility index (Phi) is 16.4. The van der Waals surface area contributed by atoms with Crippen molar-refractivity contribution in [2.45, 2.75) is 129 Å². The number of aliphatic hydroxyl groups is 2. The topological polar surface area (TPSA) is 164 Å². The SMILES string of the molecule is CC[C@H](C)[C@H](NC(=O)C(NC(=O)[C@H](C(C)C)N(C)C)C(C)C)[C@H](O)CC(=O)N1CCCC1(C)[C@H](O)[C@H](C)C(=O)N[C@@H](Cc1ccccc1)c1nccs1. The highest BCUT2D eigenvalue weighted by atomic mass is 32.1. The molecule has 1 aliphatic rings. The first-order valence-electron chi connectivity index (χ1n) is 19.1. The Morgan fingerprint density at radius 1 is 0.943 bits per heavy atom. The number of carbonyl (C=O) groups is 4. The number of nitrogens with zero attached hydrogens (tertiary/aromatic N) is 3. The fraction of sp³-hybridized carbons (Fsp3) is 0.675. The van der Waals surface area contributed by atoms with Crippen molar-refractivity contribution in [2.24, 2.45) is 23.7 Å². The van der Waals surface area contributed by atoms with Gasteiger partial charge in [-0.25, -0.2) is 4.98 Å². The smallest absolute Gasteiger partial charge is 0.243 e. The largest absolute Gasteiger partial charge is 0.390 e. The van der Waals surface area contributed by atoms with Gasteiger partial charge in [0.15, 0.2) is 0 Å². The highest BCUT2D eigenvalue weighted by Crippen LogP contribution is 2.36. The van der Waals surface area contributed by atoms with E-state index in [4.69, 9.17) is 0 Å². The van der Waals surface area contributed by atoms with Crippen LogP contribution in [0.1, 0.15) is 97.7 Å². The maximum Gasteiger partial charge on any atom is 0.243 e. The van der Waals surface area contributed by atoms with E-state index >= 15 is 0 Å². The molecule has 1 saturated heterocycles. The molecule has 2 aromatic rings. The van der Waals surface area contributed by atoms with E-state index in [1.54, 1.807) is 24.9 Å². The van der Waals surface area contributed by atoms with Crippen LogP contribution in [0.15, 0.2) is 41.9 Å². The maximum absolute atomic E-state index is 14.0. The van der Waals surface area contributed by atoms with E-state index in [1.807, 2.05) is 96.2 Å². The molecule has 296 valence electrons. The number of rotatable bonds is 19. The number of benzene rings is 1. The van der Waals surface area contributed by atoms with E-state index in [2.05, 4.69) is 20.9 Å². The fourth-order valence-corrected chi connectivity index (χ4v) is 8.28. The van der Waals surface area contributed by atoms with E-state index < -0.39 is 47.7 Å². The Morgan fingerprint density at radius 2 is 1.60 bits per heavy atom. The standard InChI is InChI=1S/C40H64N6O6S/c1-11-26(6)33(44-37(51)32(24(2)3)43-38(52)34(25(4)5)45(9)10)30(47)23-31(48)46-20-15-18-40(46,8)35(49)27(7)36(50)42-29(39-41-19-21-53-39)22-28-16-13-12-14-17-28/h12-14,16-17,19,21,24-27,29-30,32-35,47,49H,11,15,18,20,22-23H2,1-10H3,(H,42,50)(H,43,52)(H,44,51)/t26-,27-,29-,30+,32?,33-,34-,35+,40?/m0/s1. The van der Waals surface area contributed by atoms with Gasteiger partial charge in [0.2, 0.25) is 23.6 Å². The van der Waals surface area contributed by atoms with Gasteiger partial charge in [-0.15, -0.1) is 11.3 Å². The zero-order valence-corrected chi connectivity index (χ0v) is 34.2. The summed E-state index contributed by atoms with van der Waals surface area (Å²) in [5, 5.41) is 34.9. The van der Waals surface area contributed by atoms with Gasteiger partial charge in [-0.2, -0.15) is 0 Å². The zero-order chi connectivity index (χ0) is 39.6. The molecule has 2 heterocycles. The van der Waals surface area contributed by atoms with Crippen LogP contribution in [0.4, 0.5) is 0 Å². The summed E-state index contributed by atoms with van der Waals surface area (Å²) >= 11 is 1.45. The number of aromatic nitrogens is 1. The molecule has 4 amide bonds. The van der Waals surface area contributed by atoms with E-state index in [-0.39, 0.29) is 47.9 Å². The lowest BCUT2D eigenvalue weighted by Gasteiger charge is -2.42. The number of carbonyl (C=O) groups excluding carboxylic acids is 4. The Hall–Kier alpha value is -3.39. The van der Waals surface area contributed by atoms with Crippen molar-refractivity contribution in [1.82, 2.24) is 30.7 Å². The van der Waals surface area contributed by atoms with Crippen LogP contribution < -0.4 is 16.0 Å². The molecule has 5 N–H and O–H groups in total. The molecule has 1 aromatic carbocycles. The average molecular weight is 757 g/mol. The van der Waals surface area contributed by atoms with Crippen LogP contribution in [-0.2, 0) is 25.6 Å². The summed E-state index contributed by atoms with van der Waals surface area (Å²) < 4.78 is 0. The summed E-state index contributed by atoms with van der Waals surface area (Å²) in [5.41, 5.74) is -0.00897. The van der Waals surface area contributed by atoms with Gasteiger partial charge in [0.25, 0.3) is 0 Å². The number of amides is 4. The van der Waals surface area contributed by atoms with E-state index in [0.717, 1.165) is 10.6 Å². The number of nitrogens with one attached hydrogen (secondary N) is 3. The molecule has 0 aliphatic carbocycles. The van der Waals surface area contributed by atoms with Gasteiger partial charge in [0, 0.05) is 18.1 Å². The summed E-state index contributed by atoms with van der Waals surface area (Å²) in [7, 11) is 3.65. The summed E-state index contributed by atoms with van der Waals surface area (Å²) in [4.78, 5) is 62.5. The third kappa shape index (κ3) is 11.3. The molecule has 1 aliphatic heterocycles. The minimum Gasteiger partial charge on any atom is -0.390 e. The molecular formula is C40H64N6O6S. The monoisotopic (exact) mass is 756 g/mol. The second-order valence-corrected chi connectivity index (χ2v) is 16.9. The number of hydrogen-bond donors (Lipinski definition) is 5. The van der Waals surface area contributed by atoms with E-state index in [1.165, 1.54) is 11.3 Å². The number of likely N-dealkylation sites (N-methyl/N-ethyl adjacent to an activating group) is 1. The molecule has 1 aromatic heterocycles. The van der Waals surface area contributed by atoms with Crippen molar-refractivity contribution in [3.8, 4) is 0 Å². The molecule has 0 radical (unpaired) electrons. The molecule has 3 rings (SSSR count). The lowest BCUT2D eigenvalue weighted by Crippen LogP contribution is -2.60. The molecule has 12 nitrogen and oxygen atoms in total. The van der Waals surface area contributed by atoms with Gasteiger partial charge in [-0.1, -0.05) is 85.2 Å². The first-order chi connectivity index (χ1) is 24.9. The van der Waals surface area contributed by atoms with Gasteiger partial charge < -0.3 is 31.1 Å². The average Bonchev–Trinajstić information content (AvgIpc) is 3.79. The van der Waals surface area contributed by atoms with Crippen LogP contribution in [-0.4, -0.2) is 105 Å². The minimum atomic E-state index is -1.23. The molecule has 53 heavy (non-hydrogen) atoms. The van der Waals surface area contributed by atoms with Crippen LogP contribution in [0, 0.1) is 23.7 Å². The third-order valence-corrected chi connectivity index (χ3v) is 11.8. The van der Waals surface area contributed by atoms with Crippen LogP contribution >= 0.6 is 11.3 Å². The lowest BCUT2D eigenvalue weighted by atomic mass is 9.83. The van der Waals surface area contributed by atoms with Crippen molar-refractivity contribution in [2.75, 3.05) is 20.6 Å². The molecule has 9 atom stereocenters. The van der Waals surface area contributed by atoms with Gasteiger partial charge in [0.1, 0.15) is 11.0 Å². The van der Waals surface area contributed by atoms with Crippen LogP contribution in [0.2, 0.25) is 0 Å². The first kappa shape index (κ1) is 44.0. The van der Waals surface area contributed by atoms with Crippen molar-refractivity contribution in [3.63, 3.8) is 0 Å². The number of thiazole rings is 1. The number of likely N-dealkylation sites (tertiary alicyclic amines) is 1. The fourth-order valence-electron chi connectivity index (χ4n) is 7.59. The summed E-state index contributed by atoms with van der Waals surface area (Å²) in [6, 6.07) is 7.40. The van der Waals surface area contributed by atoms with Crippen molar-refractivity contribution in [3.05, 3.63) is 52.5 Å². The molecule has 2 unspecified atom stereocenters. The molecule has 13 heteroatoms. The number of aliphatic hydroxyl groups excluding tert-OH is 2. The molecule has 0 spiro atoms. The van der Waals surface area contributed by atoms with E-state index in [0.29, 0.717) is 32.2 Å². The van der Waals surface area contributed by atoms with E-state index in [9.17, 15) is 29.4 Å². The van der Waals surface area contributed by atoms with Crippen molar-refractivity contribution in [1.29, 1.82) is 0 Å². The van der Waals surface area contributed by atoms with Gasteiger partial charge in [-0.05, 0) is 63.6 Å². The molecule has 0 saturated carbocycles. The predicted octanol–water partition coefficient (Wildman–Crippen LogP) is 3.93. The van der Waals surface area contributed by atoms with Gasteiger partial charge in [-0.3, -0.25) is 24.1 Å². The Labute approximate surface area is 320 Å². The summed E-state index contributed by atoms with van der Waals surface area (Å²) in [6.07, 6.45) is 1.29. The third-order valence-electron chi connectivity index (χ3n) is 10.9. The normalized spacial score (nSPS) is 20.7. The Morgan fingerprint density at radius 3 is 2.15 bits per heavy atom. The summed E-state index contributed by atoms with van der Waals surface area (Å²) in [5.74, 6) is -2.62. The molecule has 0 bridgehead atoms. The maximum atomic E-state index is 14.0. The van der Waals surface area contributed by atoms with Crippen LogP contribution in [0.5, 0.6) is 0 Å². The minimum absolute atomic E-state index is 0.0220. The van der Waals surface area contributed by atoms with Crippen LogP contribution in [0.3, 0.4) is 0 Å². The lowest BCUT2D eigenvalue weighted by molar-refractivity contribution is -0.147. The van der Waals surface area contributed by atoms with Gasteiger partial charge >= 0.3 is 0 Å². The second kappa shape index (κ2) is 19.8. The second-order valence-electron chi connectivity index (χ2n) is 15.9.